The van der Waals surface area contributed by atoms with Crippen LogP contribution < -0.4 is 10.2 Å². The summed E-state index contributed by atoms with van der Waals surface area (Å²) in [6, 6.07) is 20.4. The van der Waals surface area contributed by atoms with E-state index in [1.165, 1.54) is 30.6 Å². The van der Waals surface area contributed by atoms with E-state index in [1.807, 2.05) is 36.4 Å². The lowest BCUT2D eigenvalue weighted by molar-refractivity contribution is -0.891. The molecular weight excluding hydrogens is 296 g/mol. The van der Waals surface area contributed by atoms with E-state index in [4.69, 9.17) is 0 Å². The Kier molecular flexibility index (Phi) is 6.02. The van der Waals surface area contributed by atoms with Gasteiger partial charge in [-0.2, -0.15) is 0 Å². The maximum atomic E-state index is 12.6. The van der Waals surface area contributed by atoms with Crippen molar-refractivity contribution in [1.82, 2.24) is 5.32 Å². The summed E-state index contributed by atoms with van der Waals surface area (Å²) in [5, 5.41) is 3.26. The van der Waals surface area contributed by atoms with Crippen molar-refractivity contribution in [2.45, 2.75) is 31.7 Å². The summed E-state index contributed by atoms with van der Waals surface area (Å²) in [5.74, 6) is 0.143. The molecular formula is C21H27N2O+. The van der Waals surface area contributed by atoms with E-state index in [0.717, 1.165) is 24.2 Å². The lowest BCUT2D eigenvalue weighted by atomic mass is 9.99. The highest BCUT2D eigenvalue weighted by molar-refractivity contribution is 5.77. The number of carbonyl (C=O) groups is 1. The van der Waals surface area contributed by atoms with Crippen LogP contribution in [0, 0.1) is 0 Å². The van der Waals surface area contributed by atoms with Gasteiger partial charge in [0.25, 0.3) is 5.91 Å². The quantitative estimate of drug-likeness (QED) is 0.870. The van der Waals surface area contributed by atoms with E-state index in [9.17, 15) is 4.79 Å². The third-order valence-corrected chi connectivity index (χ3v) is 4.79. The third kappa shape index (κ3) is 4.68. The van der Waals surface area contributed by atoms with E-state index < -0.39 is 0 Å². The number of quaternary nitrogens is 1. The summed E-state index contributed by atoms with van der Waals surface area (Å²) < 4.78 is 0. The standard InChI is InChI=1S/C21H26N2O/c24-20(17-23-15-9-1-2-10-16-23)22-21(18-11-5-3-6-12-18)19-13-7-4-8-14-19/h3-8,11-14,21H,1-2,9-10,15-17H2,(H,22,24)/p+1. The van der Waals surface area contributed by atoms with E-state index in [2.05, 4.69) is 29.6 Å². The van der Waals surface area contributed by atoms with Gasteiger partial charge in [-0.3, -0.25) is 4.79 Å². The second kappa shape index (κ2) is 8.65. The van der Waals surface area contributed by atoms with Gasteiger partial charge in [0.15, 0.2) is 6.54 Å². The lowest BCUT2D eigenvalue weighted by Gasteiger charge is -2.22. The van der Waals surface area contributed by atoms with Gasteiger partial charge in [0, 0.05) is 0 Å². The van der Waals surface area contributed by atoms with Crippen LogP contribution in [0.2, 0.25) is 0 Å². The second-order valence-electron chi connectivity index (χ2n) is 6.66. The van der Waals surface area contributed by atoms with Crippen LogP contribution in [-0.2, 0) is 4.79 Å². The molecule has 0 aliphatic carbocycles. The number of benzene rings is 2. The normalized spacial score (nSPS) is 15.9. The number of likely N-dealkylation sites (tertiary alicyclic amines) is 1. The van der Waals surface area contributed by atoms with Crippen LogP contribution in [0.15, 0.2) is 60.7 Å². The van der Waals surface area contributed by atoms with Gasteiger partial charge >= 0.3 is 0 Å². The van der Waals surface area contributed by atoms with Crippen molar-refractivity contribution in [2.24, 2.45) is 0 Å². The summed E-state index contributed by atoms with van der Waals surface area (Å²) in [7, 11) is 0. The first kappa shape index (κ1) is 16.7. The third-order valence-electron chi connectivity index (χ3n) is 4.79. The first-order valence-electron chi connectivity index (χ1n) is 9.06. The molecule has 1 saturated heterocycles. The fourth-order valence-corrected chi connectivity index (χ4v) is 3.49. The first-order valence-corrected chi connectivity index (χ1v) is 9.06. The van der Waals surface area contributed by atoms with Crippen molar-refractivity contribution in [3.05, 3.63) is 71.8 Å². The van der Waals surface area contributed by atoms with Crippen LogP contribution in [0.25, 0.3) is 0 Å². The Labute approximate surface area is 144 Å². The van der Waals surface area contributed by atoms with Crippen LogP contribution in [0.3, 0.4) is 0 Å². The minimum Gasteiger partial charge on any atom is -0.340 e. The molecule has 0 spiro atoms. The Hall–Kier alpha value is -2.13. The summed E-state index contributed by atoms with van der Waals surface area (Å²) in [6.45, 7) is 2.82. The predicted molar refractivity (Wildman–Crippen MR) is 96.9 cm³/mol. The molecule has 2 aromatic carbocycles. The monoisotopic (exact) mass is 323 g/mol. The molecule has 1 aliphatic rings. The molecule has 0 radical (unpaired) electrons. The molecule has 126 valence electrons. The van der Waals surface area contributed by atoms with E-state index in [-0.39, 0.29) is 11.9 Å². The van der Waals surface area contributed by atoms with Crippen molar-refractivity contribution in [3.63, 3.8) is 0 Å². The molecule has 0 saturated carbocycles. The zero-order valence-corrected chi connectivity index (χ0v) is 14.2. The molecule has 0 atom stereocenters. The summed E-state index contributed by atoms with van der Waals surface area (Å²) in [6.07, 6.45) is 5.09. The molecule has 3 nitrogen and oxygen atoms in total. The maximum Gasteiger partial charge on any atom is 0.275 e. The van der Waals surface area contributed by atoms with E-state index in [1.54, 1.807) is 0 Å². The average molecular weight is 323 g/mol. The molecule has 1 amide bonds. The molecule has 0 unspecified atom stereocenters. The number of nitrogens with one attached hydrogen (secondary N) is 2. The van der Waals surface area contributed by atoms with Gasteiger partial charge in [-0.05, 0) is 36.8 Å². The van der Waals surface area contributed by atoms with Gasteiger partial charge in [-0.25, -0.2) is 0 Å². The van der Waals surface area contributed by atoms with Crippen LogP contribution in [0.1, 0.15) is 42.9 Å². The van der Waals surface area contributed by atoms with Crippen LogP contribution in [-0.4, -0.2) is 25.5 Å². The molecule has 3 rings (SSSR count). The second-order valence-corrected chi connectivity index (χ2v) is 6.66. The lowest BCUT2D eigenvalue weighted by Crippen LogP contribution is -3.13. The molecule has 0 aromatic heterocycles. The van der Waals surface area contributed by atoms with Crippen molar-refractivity contribution < 1.29 is 9.69 Å². The van der Waals surface area contributed by atoms with Gasteiger partial charge in [0.05, 0.1) is 19.1 Å². The van der Waals surface area contributed by atoms with E-state index >= 15 is 0 Å². The van der Waals surface area contributed by atoms with Crippen molar-refractivity contribution in [1.29, 1.82) is 0 Å². The van der Waals surface area contributed by atoms with Crippen LogP contribution in [0.4, 0.5) is 0 Å². The summed E-state index contributed by atoms with van der Waals surface area (Å²) in [4.78, 5) is 14.1. The zero-order valence-electron chi connectivity index (χ0n) is 14.2. The molecule has 24 heavy (non-hydrogen) atoms. The Morgan fingerprint density at radius 2 is 1.33 bits per heavy atom. The molecule has 2 N–H and O–H groups in total. The summed E-state index contributed by atoms with van der Waals surface area (Å²) >= 11 is 0. The number of carbonyl (C=O) groups excluding carboxylic acids is 1. The Bertz CT molecular complexity index is 579. The van der Waals surface area contributed by atoms with Crippen LogP contribution in [0.5, 0.6) is 0 Å². The average Bonchev–Trinajstić information content (AvgIpc) is 2.90. The number of amides is 1. The van der Waals surface area contributed by atoms with Gasteiger partial charge in [0.1, 0.15) is 0 Å². The fourth-order valence-electron chi connectivity index (χ4n) is 3.49. The molecule has 3 heteroatoms. The largest absolute Gasteiger partial charge is 0.340 e. The molecule has 0 bridgehead atoms. The summed E-state index contributed by atoms with van der Waals surface area (Å²) in [5.41, 5.74) is 2.26. The van der Waals surface area contributed by atoms with E-state index in [0.29, 0.717) is 6.54 Å². The van der Waals surface area contributed by atoms with Gasteiger partial charge < -0.3 is 10.2 Å². The Morgan fingerprint density at radius 1 is 0.833 bits per heavy atom. The molecule has 1 fully saturated rings. The SMILES string of the molecule is O=C(C[NH+]1CCCCCC1)NC(c1ccccc1)c1ccccc1. The highest BCUT2D eigenvalue weighted by Gasteiger charge is 2.21. The zero-order chi connectivity index (χ0) is 16.6. The highest BCUT2D eigenvalue weighted by atomic mass is 16.2. The number of rotatable bonds is 5. The highest BCUT2D eigenvalue weighted by Crippen LogP contribution is 2.21. The van der Waals surface area contributed by atoms with Crippen molar-refractivity contribution >= 4 is 5.91 Å². The fraction of sp³-hybridized carbons (Fsp3) is 0.381. The smallest absolute Gasteiger partial charge is 0.275 e. The van der Waals surface area contributed by atoms with Gasteiger partial charge in [0.2, 0.25) is 0 Å². The van der Waals surface area contributed by atoms with Gasteiger partial charge in [-0.15, -0.1) is 0 Å². The Morgan fingerprint density at radius 3 is 1.83 bits per heavy atom. The molecule has 1 aliphatic heterocycles. The topological polar surface area (TPSA) is 33.5 Å². The minimum absolute atomic E-state index is 0.0775. The predicted octanol–water partition coefficient (Wildman–Crippen LogP) is 2.35. The van der Waals surface area contributed by atoms with Crippen molar-refractivity contribution in [2.75, 3.05) is 19.6 Å². The van der Waals surface area contributed by atoms with Crippen LogP contribution >= 0.6 is 0 Å². The molecule has 2 aromatic rings. The molecule has 1 heterocycles. The first-order chi connectivity index (χ1) is 11.8. The number of hydrogen-bond donors (Lipinski definition) is 2. The van der Waals surface area contributed by atoms with Gasteiger partial charge in [-0.1, -0.05) is 60.7 Å². The van der Waals surface area contributed by atoms with Crippen molar-refractivity contribution in [3.8, 4) is 0 Å². The Balaban J connectivity index is 1.71. The maximum absolute atomic E-state index is 12.6. The minimum atomic E-state index is -0.0775. The number of hydrogen-bond acceptors (Lipinski definition) is 1.